The molecular formula is C21H27FN2O5S2. The standard InChI is InChI=1S/C21H27FN2O5S2/c1-15-6-5-7-17(12-15)29-14-16(25)13-23-21(26)19(10-11-30-2)24-31(27,28)20-9-4-3-8-18(20)22/h3-9,12,16,19,24-25H,10-11,13-14H2,1-2H3,(H,23,26). The zero-order valence-electron chi connectivity index (χ0n) is 17.4. The Morgan fingerprint density at radius 1 is 1.23 bits per heavy atom. The minimum absolute atomic E-state index is 0.0415. The van der Waals surface area contributed by atoms with Crippen molar-refractivity contribution >= 4 is 27.7 Å². The predicted molar refractivity (Wildman–Crippen MR) is 119 cm³/mol. The van der Waals surface area contributed by atoms with Crippen LogP contribution in [0.4, 0.5) is 4.39 Å². The second-order valence-electron chi connectivity index (χ2n) is 6.91. The summed E-state index contributed by atoms with van der Waals surface area (Å²) in [5, 5.41) is 12.6. The van der Waals surface area contributed by atoms with Gasteiger partial charge in [0.05, 0.1) is 0 Å². The van der Waals surface area contributed by atoms with Gasteiger partial charge in [0.1, 0.15) is 35.2 Å². The van der Waals surface area contributed by atoms with Gasteiger partial charge in [0.2, 0.25) is 15.9 Å². The number of sulfonamides is 1. The van der Waals surface area contributed by atoms with Crippen LogP contribution in [0.25, 0.3) is 0 Å². The summed E-state index contributed by atoms with van der Waals surface area (Å²) in [6.07, 6.45) is 1.04. The van der Waals surface area contributed by atoms with Crippen LogP contribution < -0.4 is 14.8 Å². The lowest BCUT2D eigenvalue weighted by atomic mass is 10.2. The highest BCUT2D eigenvalue weighted by atomic mass is 32.2. The number of ether oxygens (including phenoxy) is 1. The molecule has 170 valence electrons. The molecule has 0 heterocycles. The first-order valence-electron chi connectivity index (χ1n) is 9.64. The number of carbonyl (C=O) groups excluding carboxylic acids is 1. The molecule has 0 fully saturated rings. The maximum absolute atomic E-state index is 13.9. The smallest absolute Gasteiger partial charge is 0.244 e. The number of hydrogen-bond acceptors (Lipinski definition) is 6. The lowest BCUT2D eigenvalue weighted by Crippen LogP contribution is -2.49. The molecule has 2 aromatic carbocycles. The number of aliphatic hydroxyl groups excluding tert-OH is 1. The number of aryl methyl sites for hydroxylation is 1. The molecule has 10 heteroatoms. The summed E-state index contributed by atoms with van der Waals surface area (Å²) in [5.74, 6) is -0.399. The normalized spacial score (nSPS) is 13.4. The lowest BCUT2D eigenvalue weighted by molar-refractivity contribution is -0.123. The highest BCUT2D eigenvalue weighted by molar-refractivity contribution is 7.98. The van der Waals surface area contributed by atoms with Crippen molar-refractivity contribution in [2.45, 2.75) is 30.4 Å². The first kappa shape index (κ1) is 25.1. The first-order valence-corrected chi connectivity index (χ1v) is 12.5. The van der Waals surface area contributed by atoms with Gasteiger partial charge in [-0.3, -0.25) is 4.79 Å². The highest BCUT2D eigenvalue weighted by Gasteiger charge is 2.27. The molecule has 1 amide bonds. The van der Waals surface area contributed by atoms with Gasteiger partial charge < -0.3 is 15.2 Å². The van der Waals surface area contributed by atoms with Gasteiger partial charge in [0, 0.05) is 6.54 Å². The summed E-state index contributed by atoms with van der Waals surface area (Å²) in [6.45, 7) is 1.75. The van der Waals surface area contributed by atoms with E-state index in [1.54, 1.807) is 6.07 Å². The van der Waals surface area contributed by atoms with Crippen LogP contribution in [0.5, 0.6) is 5.75 Å². The molecule has 2 atom stereocenters. The molecule has 0 saturated carbocycles. The van der Waals surface area contributed by atoms with Crippen molar-refractivity contribution in [3.8, 4) is 5.75 Å². The van der Waals surface area contributed by atoms with Crippen molar-refractivity contribution in [1.82, 2.24) is 10.0 Å². The van der Waals surface area contributed by atoms with Gasteiger partial charge in [0.25, 0.3) is 0 Å². The predicted octanol–water partition coefficient (Wildman–Crippen LogP) is 2.09. The van der Waals surface area contributed by atoms with E-state index >= 15 is 0 Å². The number of amides is 1. The molecule has 0 aliphatic rings. The van der Waals surface area contributed by atoms with E-state index in [2.05, 4.69) is 10.0 Å². The summed E-state index contributed by atoms with van der Waals surface area (Å²) >= 11 is 1.45. The monoisotopic (exact) mass is 470 g/mol. The number of halogens is 1. The van der Waals surface area contributed by atoms with Crippen LogP contribution in [-0.2, 0) is 14.8 Å². The van der Waals surface area contributed by atoms with E-state index in [0.29, 0.717) is 11.5 Å². The van der Waals surface area contributed by atoms with Crippen molar-refractivity contribution in [1.29, 1.82) is 0 Å². The number of carbonyl (C=O) groups is 1. The molecule has 2 unspecified atom stereocenters. The Balaban J connectivity index is 1.95. The molecule has 0 aromatic heterocycles. The Labute approximate surface area is 186 Å². The maximum atomic E-state index is 13.9. The Bertz CT molecular complexity index is 972. The third kappa shape index (κ3) is 8.13. The summed E-state index contributed by atoms with van der Waals surface area (Å²) < 4.78 is 46.8. The van der Waals surface area contributed by atoms with E-state index in [-0.39, 0.29) is 19.6 Å². The number of rotatable bonds is 12. The third-order valence-corrected chi connectivity index (χ3v) is 6.44. The minimum atomic E-state index is -4.24. The van der Waals surface area contributed by atoms with Crippen LogP contribution in [-0.4, -0.2) is 56.7 Å². The zero-order chi connectivity index (χ0) is 22.9. The van der Waals surface area contributed by atoms with E-state index in [4.69, 9.17) is 4.74 Å². The van der Waals surface area contributed by atoms with E-state index in [0.717, 1.165) is 17.7 Å². The molecule has 2 rings (SSSR count). The molecule has 0 saturated heterocycles. The zero-order valence-corrected chi connectivity index (χ0v) is 19.0. The maximum Gasteiger partial charge on any atom is 0.244 e. The van der Waals surface area contributed by atoms with Crippen molar-refractivity contribution < 1.29 is 27.4 Å². The van der Waals surface area contributed by atoms with Gasteiger partial charge in [-0.1, -0.05) is 24.3 Å². The van der Waals surface area contributed by atoms with Crippen LogP contribution in [0.15, 0.2) is 53.4 Å². The van der Waals surface area contributed by atoms with Gasteiger partial charge in [-0.2, -0.15) is 16.5 Å². The second-order valence-corrected chi connectivity index (χ2v) is 9.58. The van der Waals surface area contributed by atoms with Gasteiger partial charge in [-0.25, -0.2) is 12.8 Å². The van der Waals surface area contributed by atoms with Crippen molar-refractivity contribution in [2.75, 3.05) is 25.2 Å². The van der Waals surface area contributed by atoms with E-state index in [1.165, 1.54) is 23.9 Å². The average molecular weight is 471 g/mol. The van der Waals surface area contributed by atoms with Gasteiger partial charge in [-0.15, -0.1) is 0 Å². The van der Waals surface area contributed by atoms with Crippen LogP contribution in [0.3, 0.4) is 0 Å². The molecule has 2 aromatic rings. The fraction of sp³-hybridized carbons (Fsp3) is 0.381. The van der Waals surface area contributed by atoms with Crippen LogP contribution in [0.1, 0.15) is 12.0 Å². The summed E-state index contributed by atoms with van der Waals surface area (Å²) in [7, 11) is -4.24. The molecule has 0 radical (unpaired) electrons. The molecule has 0 bridgehead atoms. The quantitative estimate of drug-likeness (QED) is 0.439. The fourth-order valence-corrected chi connectivity index (χ4v) is 4.47. The average Bonchev–Trinajstić information content (AvgIpc) is 2.73. The number of benzene rings is 2. The van der Waals surface area contributed by atoms with Gasteiger partial charge in [0.15, 0.2) is 0 Å². The second kappa shape index (κ2) is 12.0. The van der Waals surface area contributed by atoms with E-state index in [9.17, 15) is 22.7 Å². The van der Waals surface area contributed by atoms with Crippen LogP contribution >= 0.6 is 11.8 Å². The van der Waals surface area contributed by atoms with Crippen molar-refractivity contribution in [3.05, 3.63) is 59.9 Å². The molecule has 31 heavy (non-hydrogen) atoms. The number of aliphatic hydroxyl groups is 1. The molecule has 0 aliphatic carbocycles. The SMILES string of the molecule is CSCCC(NS(=O)(=O)c1ccccc1F)C(=O)NCC(O)COc1cccc(C)c1. The fourth-order valence-electron chi connectivity index (χ4n) is 2.69. The molecule has 0 aliphatic heterocycles. The molecule has 3 N–H and O–H groups in total. The highest BCUT2D eigenvalue weighted by Crippen LogP contribution is 2.15. The van der Waals surface area contributed by atoms with Crippen molar-refractivity contribution in [3.63, 3.8) is 0 Å². The van der Waals surface area contributed by atoms with E-state index in [1.807, 2.05) is 31.4 Å². The van der Waals surface area contributed by atoms with Gasteiger partial charge in [-0.05, 0) is 55.2 Å². The largest absolute Gasteiger partial charge is 0.491 e. The molecule has 0 spiro atoms. The molecular weight excluding hydrogens is 443 g/mol. The Morgan fingerprint density at radius 3 is 2.65 bits per heavy atom. The topological polar surface area (TPSA) is 105 Å². The minimum Gasteiger partial charge on any atom is -0.491 e. The molecule has 7 nitrogen and oxygen atoms in total. The Kier molecular flexibility index (Phi) is 9.76. The van der Waals surface area contributed by atoms with Gasteiger partial charge >= 0.3 is 0 Å². The lowest BCUT2D eigenvalue weighted by Gasteiger charge is -2.20. The number of nitrogens with one attached hydrogen (secondary N) is 2. The Morgan fingerprint density at radius 2 is 1.97 bits per heavy atom. The van der Waals surface area contributed by atoms with Crippen LogP contribution in [0.2, 0.25) is 0 Å². The van der Waals surface area contributed by atoms with Crippen molar-refractivity contribution in [2.24, 2.45) is 0 Å². The Hall–Kier alpha value is -2.14. The van der Waals surface area contributed by atoms with E-state index < -0.39 is 38.8 Å². The number of thioether (sulfide) groups is 1. The summed E-state index contributed by atoms with van der Waals surface area (Å²) in [5.41, 5.74) is 1.01. The summed E-state index contributed by atoms with van der Waals surface area (Å²) in [4.78, 5) is 12.0. The summed E-state index contributed by atoms with van der Waals surface area (Å²) in [6, 6.07) is 11.2. The van der Waals surface area contributed by atoms with Crippen LogP contribution in [0, 0.1) is 12.7 Å². The first-order chi connectivity index (χ1) is 14.7. The number of hydrogen-bond donors (Lipinski definition) is 3. The third-order valence-electron chi connectivity index (χ3n) is 4.29.